The number of halogens is 2. The number of nitrogens with one attached hydrogen (secondary N) is 1. The Hall–Kier alpha value is -1.89. The molecule has 1 heterocycles. The number of fused-ring (bicyclic) bond motifs is 1. The Bertz CT molecular complexity index is 782. The van der Waals surface area contributed by atoms with Crippen molar-refractivity contribution in [1.82, 2.24) is 5.43 Å². The van der Waals surface area contributed by atoms with Crippen LogP contribution >= 0.6 is 35.0 Å². The monoisotopic (exact) mass is 382 g/mol. The molecule has 2 aromatic rings. The summed E-state index contributed by atoms with van der Waals surface area (Å²) in [5, 5.41) is 5.04. The van der Waals surface area contributed by atoms with Crippen molar-refractivity contribution in [3.05, 3.63) is 52.0 Å². The van der Waals surface area contributed by atoms with Gasteiger partial charge in [0.1, 0.15) is 0 Å². The van der Waals surface area contributed by atoms with Crippen molar-refractivity contribution in [3.63, 3.8) is 0 Å². The third-order valence-corrected chi connectivity index (χ3v) is 4.66. The van der Waals surface area contributed by atoms with Crippen molar-refractivity contribution in [2.24, 2.45) is 5.10 Å². The maximum Gasteiger partial charge on any atom is 0.250 e. The molecule has 1 amide bonds. The van der Waals surface area contributed by atoms with Gasteiger partial charge in [0.05, 0.1) is 17.0 Å². The summed E-state index contributed by atoms with van der Waals surface area (Å²) in [4.78, 5) is 12.8. The first-order valence-corrected chi connectivity index (χ1v) is 8.65. The number of rotatable bonds is 5. The highest BCUT2D eigenvalue weighted by Gasteiger charge is 2.15. The van der Waals surface area contributed by atoms with Crippen LogP contribution in [0.2, 0.25) is 10.0 Å². The van der Waals surface area contributed by atoms with E-state index in [1.807, 2.05) is 12.1 Å². The number of benzene rings is 2. The smallest absolute Gasteiger partial charge is 0.250 e. The van der Waals surface area contributed by atoms with Crippen LogP contribution in [0.25, 0.3) is 0 Å². The highest BCUT2D eigenvalue weighted by atomic mass is 35.5. The third kappa shape index (κ3) is 4.35. The zero-order valence-electron chi connectivity index (χ0n) is 12.3. The Kier molecular flexibility index (Phi) is 5.50. The van der Waals surface area contributed by atoms with Crippen LogP contribution in [0, 0.1) is 0 Å². The molecule has 1 aliphatic rings. The fraction of sp³-hybridized carbons (Fsp3) is 0.125. The zero-order chi connectivity index (χ0) is 16.9. The van der Waals surface area contributed by atoms with Gasteiger partial charge in [-0.25, -0.2) is 5.43 Å². The first-order chi connectivity index (χ1) is 11.6. The van der Waals surface area contributed by atoms with Crippen LogP contribution in [0.4, 0.5) is 0 Å². The average Bonchev–Trinajstić information content (AvgIpc) is 3.01. The summed E-state index contributed by atoms with van der Waals surface area (Å²) in [5.74, 6) is 1.22. The zero-order valence-corrected chi connectivity index (χ0v) is 14.6. The molecule has 3 rings (SSSR count). The van der Waals surface area contributed by atoms with Crippen LogP contribution in [-0.4, -0.2) is 24.7 Å². The van der Waals surface area contributed by atoms with Crippen molar-refractivity contribution in [3.8, 4) is 11.5 Å². The summed E-state index contributed by atoms with van der Waals surface area (Å²) in [6.07, 6.45) is 1.47. The van der Waals surface area contributed by atoms with E-state index in [-0.39, 0.29) is 18.5 Å². The molecule has 0 spiro atoms. The lowest BCUT2D eigenvalue weighted by Crippen LogP contribution is -2.19. The van der Waals surface area contributed by atoms with E-state index in [0.29, 0.717) is 27.1 Å². The van der Waals surface area contributed by atoms with Crippen LogP contribution in [-0.2, 0) is 4.79 Å². The van der Waals surface area contributed by atoms with Gasteiger partial charge in [-0.2, -0.15) is 5.10 Å². The van der Waals surface area contributed by atoms with Crippen molar-refractivity contribution in [2.45, 2.75) is 4.90 Å². The van der Waals surface area contributed by atoms with Crippen molar-refractivity contribution < 1.29 is 14.3 Å². The van der Waals surface area contributed by atoms with E-state index in [4.69, 9.17) is 32.7 Å². The molecule has 0 saturated heterocycles. The van der Waals surface area contributed by atoms with E-state index in [9.17, 15) is 4.79 Å². The maximum absolute atomic E-state index is 11.8. The molecule has 0 radical (unpaired) electrons. The number of amides is 1. The summed E-state index contributed by atoms with van der Waals surface area (Å²) < 4.78 is 10.5. The molecule has 8 heteroatoms. The summed E-state index contributed by atoms with van der Waals surface area (Å²) in [6.45, 7) is 0.172. The van der Waals surface area contributed by atoms with Crippen LogP contribution in [0.15, 0.2) is 46.4 Å². The second-order valence-corrected chi connectivity index (χ2v) is 6.66. The fourth-order valence-corrected chi connectivity index (χ4v) is 2.94. The molecule has 0 fully saturated rings. The van der Waals surface area contributed by atoms with Gasteiger partial charge in [-0.3, -0.25) is 4.79 Å². The summed E-state index contributed by atoms with van der Waals surface area (Å²) in [5.41, 5.74) is 3.09. The summed E-state index contributed by atoms with van der Waals surface area (Å²) >= 11 is 13.3. The van der Waals surface area contributed by atoms with Gasteiger partial charge < -0.3 is 9.47 Å². The lowest BCUT2D eigenvalue weighted by molar-refractivity contribution is -0.118. The second kappa shape index (κ2) is 7.79. The van der Waals surface area contributed by atoms with E-state index in [1.165, 1.54) is 18.0 Å². The molecule has 124 valence electrons. The highest BCUT2D eigenvalue weighted by Crippen LogP contribution is 2.36. The summed E-state index contributed by atoms with van der Waals surface area (Å²) in [6, 6.07) is 10.6. The topological polar surface area (TPSA) is 59.9 Å². The van der Waals surface area contributed by atoms with Gasteiger partial charge in [-0.05, 0) is 30.3 Å². The fourth-order valence-electron chi connectivity index (χ4n) is 1.92. The van der Waals surface area contributed by atoms with Gasteiger partial charge in [-0.15, -0.1) is 11.8 Å². The SMILES string of the molecule is O=C(CSc1ccc(Cl)cc1)N/N=C\c1cc2c(cc1Cl)OCO2. The minimum absolute atomic E-state index is 0.172. The van der Waals surface area contributed by atoms with E-state index in [0.717, 1.165) is 4.90 Å². The van der Waals surface area contributed by atoms with Gasteiger partial charge >= 0.3 is 0 Å². The highest BCUT2D eigenvalue weighted by molar-refractivity contribution is 8.00. The number of hydrogen-bond donors (Lipinski definition) is 1. The van der Waals surface area contributed by atoms with Crippen LogP contribution in [0.5, 0.6) is 11.5 Å². The molecule has 0 unspecified atom stereocenters. The number of ether oxygens (including phenoxy) is 2. The van der Waals surface area contributed by atoms with Crippen LogP contribution < -0.4 is 14.9 Å². The molecule has 0 saturated carbocycles. The molecule has 0 bridgehead atoms. The van der Waals surface area contributed by atoms with Gasteiger partial charge in [0, 0.05) is 21.5 Å². The third-order valence-electron chi connectivity index (χ3n) is 3.07. The number of nitrogens with zero attached hydrogens (tertiary/aromatic N) is 1. The van der Waals surface area contributed by atoms with E-state index < -0.39 is 0 Å². The molecule has 0 atom stereocenters. The quantitative estimate of drug-likeness (QED) is 0.482. The van der Waals surface area contributed by atoms with Crippen molar-refractivity contribution >= 4 is 47.1 Å². The Labute approximate surface area is 152 Å². The average molecular weight is 383 g/mol. The van der Waals surface area contributed by atoms with E-state index >= 15 is 0 Å². The van der Waals surface area contributed by atoms with Crippen molar-refractivity contribution in [1.29, 1.82) is 0 Å². The normalized spacial score (nSPS) is 12.6. The number of carbonyl (C=O) groups is 1. The van der Waals surface area contributed by atoms with E-state index in [1.54, 1.807) is 24.3 Å². The Balaban J connectivity index is 1.52. The lowest BCUT2D eigenvalue weighted by Gasteiger charge is -2.02. The molecule has 0 aliphatic carbocycles. The number of hydrogen-bond acceptors (Lipinski definition) is 5. The number of hydrazone groups is 1. The van der Waals surface area contributed by atoms with E-state index in [2.05, 4.69) is 10.5 Å². The van der Waals surface area contributed by atoms with Crippen molar-refractivity contribution in [2.75, 3.05) is 12.5 Å². The molecule has 1 N–H and O–H groups in total. The molecule has 24 heavy (non-hydrogen) atoms. The second-order valence-electron chi connectivity index (χ2n) is 4.76. The molecular formula is C16H12Cl2N2O3S. The number of thioether (sulfide) groups is 1. The predicted molar refractivity (Wildman–Crippen MR) is 95.5 cm³/mol. The van der Waals surface area contributed by atoms with Gasteiger partial charge in [0.2, 0.25) is 12.7 Å². The first kappa shape index (κ1) is 17.0. The minimum Gasteiger partial charge on any atom is -0.454 e. The number of carbonyl (C=O) groups excluding carboxylic acids is 1. The standard InChI is InChI=1S/C16H12Cl2N2O3S/c17-11-1-3-12(4-2-11)24-8-16(21)20-19-7-10-5-14-15(6-13(10)18)23-9-22-14/h1-7H,8-9H2,(H,20,21)/b19-7-. The molecule has 1 aliphatic heterocycles. The summed E-state index contributed by atoms with van der Waals surface area (Å²) in [7, 11) is 0. The van der Waals surface area contributed by atoms with Crippen LogP contribution in [0.1, 0.15) is 5.56 Å². The molecule has 0 aromatic heterocycles. The largest absolute Gasteiger partial charge is 0.454 e. The maximum atomic E-state index is 11.8. The van der Waals surface area contributed by atoms with Gasteiger partial charge in [0.15, 0.2) is 11.5 Å². The first-order valence-electron chi connectivity index (χ1n) is 6.91. The van der Waals surface area contributed by atoms with Crippen LogP contribution in [0.3, 0.4) is 0 Å². The Morgan fingerprint density at radius 2 is 1.92 bits per heavy atom. The molecule has 5 nitrogen and oxygen atoms in total. The predicted octanol–water partition coefficient (Wildman–Crippen LogP) is 3.96. The Morgan fingerprint density at radius 1 is 1.21 bits per heavy atom. The Morgan fingerprint density at radius 3 is 2.67 bits per heavy atom. The van der Waals surface area contributed by atoms with Gasteiger partial charge in [-0.1, -0.05) is 23.2 Å². The van der Waals surface area contributed by atoms with Gasteiger partial charge in [0.25, 0.3) is 0 Å². The molecule has 2 aromatic carbocycles. The minimum atomic E-state index is -0.219. The molecular weight excluding hydrogens is 371 g/mol. The lowest BCUT2D eigenvalue weighted by atomic mass is 10.2.